The number of carbonyl (C=O) groups excluding carboxylic acids is 1. The number of allylic oxidation sites excluding steroid dienone is 6. The summed E-state index contributed by atoms with van der Waals surface area (Å²) in [5.41, 5.74) is 0. The topological polar surface area (TPSA) is 89.8 Å². The molecular weight excluding hydrogens is 643 g/mol. The summed E-state index contributed by atoms with van der Waals surface area (Å²) in [5, 5.41) is 33.5. The van der Waals surface area contributed by atoms with E-state index >= 15 is 0 Å². The van der Waals surface area contributed by atoms with Crippen molar-refractivity contribution < 1.29 is 20.1 Å². The molecule has 0 aliphatic heterocycles. The van der Waals surface area contributed by atoms with Crippen LogP contribution in [0.4, 0.5) is 0 Å². The van der Waals surface area contributed by atoms with E-state index < -0.39 is 18.2 Å². The van der Waals surface area contributed by atoms with Gasteiger partial charge in [-0.3, -0.25) is 4.79 Å². The standard InChI is InChI=1S/C47H89NO4/c1-3-5-7-9-11-13-15-17-19-20-21-22-23-24-25-26-28-30-32-34-36-38-40-42-46(51)48-44(43-49)47(52)45(50)41-39-37-35-33-31-29-27-18-16-14-12-10-8-6-4-2/h21-22,24-25,33,35,44-45,47,49-50,52H,3-20,23,26-32,34,36-43H2,1-2H3,(H,48,51)/b22-21-,25-24-,35-33+. The van der Waals surface area contributed by atoms with Gasteiger partial charge in [-0.2, -0.15) is 0 Å². The molecule has 5 heteroatoms. The Morgan fingerprint density at radius 3 is 1.23 bits per heavy atom. The molecule has 0 rings (SSSR count). The molecule has 0 bridgehead atoms. The second kappa shape index (κ2) is 42.3. The number of carbonyl (C=O) groups is 1. The van der Waals surface area contributed by atoms with Gasteiger partial charge in [0, 0.05) is 6.42 Å². The second-order valence-corrected chi connectivity index (χ2v) is 15.6. The van der Waals surface area contributed by atoms with Gasteiger partial charge in [0.05, 0.1) is 18.8 Å². The fourth-order valence-corrected chi connectivity index (χ4v) is 6.90. The first-order valence-electron chi connectivity index (χ1n) is 22.8. The van der Waals surface area contributed by atoms with Crippen LogP contribution >= 0.6 is 0 Å². The van der Waals surface area contributed by atoms with E-state index in [9.17, 15) is 20.1 Å². The molecule has 0 aliphatic rings. The van der Waals surface area contributed by atoms with Crippen molar-refractivity contribution in [2.45, 2.75) is 250 Å². The maximum atomic E-state index is 12.4. The first kappa shape index (κ1) is 50.6. The fraction of sp³-hybridized carbons (Fsp3) is 0.851. The number of hydrogen-bond donors (Lipinski definition) is 4. The molecule has 306 valence electrons. The molecule has 3 atom stereocenters. The SMILES string of the molecule is CCCCCCCCCCC/C=C\C/C=C\CCCCCCCCCC(=O)NC(CO)C(O)C(O)CCC/C=C/CCCCCCCCCCCC. The maximum Gasteiger partial charge on any atom is 0.220 e. The monoisotopic (exact) mass is 732 g/mol. The lowest BCUT2D eigenvalue weighted by Gasteiger charge is -2.26. The maximum absolute atomic E-state index is 12.4. The van der Waals surface area contributed by atoms with E-state index in [1.54, 1.807) is 0 Å². The van der Waals surface area contributed by atoms with Crippen molar-refractivity contribution in [3.63, 3.8) is 0 Å². The van der Waals surface area contributed by atoms with Crippen molar-refractivity contribution in [2.24, 2.45) is 0 Å². The highest BCUT2D eigenvalue weighted by Crippen LogP contribution is 2.15. The van der Waals surface area contributed by atoms with Gasteiger partial charge in [0.2, 0.25) is 5.91 Å². The van der Waals surface area contributed by atoms with Crippen LogP contribution < -0.4 is 5.32 Å². The summed E-state index contributed by atoms with van der Waals surface area (Å²) in [6.07, 6.45) is 52.6. The van der Waals surface area contributed by atoms with Crippen molar-refractivity contribution >= 4 is 5.91 Å². The van der Waals surface area contributed by atoms with E-state index in [1.165, 1.54) is 154 Å². The Morgan fingerprint density at radius 2 is 0.827 bits per heavy atom. The fourth-order valence-electron chi connectivity index (χ4n) is 6.90. The van der Waals surface area contributed by atoms with Crippen molar-refractivity contribution in [1.29, 1.82) is 0 Å². The van der Waals surface area contributed by atoms with Gasteiger partial charge in [0.15, 0.2) is 0 Å². The molecule has 0 aromatic carbocycles. The lowest BCUT2D eigenvalue weighted by Crippen LogP contribution is -2.50. The van der Waals surface area contributed by atoms with Crippen LogP contribution in [0.5, 0.6) is 0 Å². The molecule has 0 aliphatic carbocycles. The molecular formula is C47H89NO4. The van der Waals surface area contributed by atoms with Crippen LogP contribution in [-0.4, -0.2) is 46.1 Å². The molecule has 3 unspecified atom stereocenters. The van der Waals surface area contributed by atoms with E-state index in [2.05, 4.69) is 55.6 Å². The summed E-state index contributed by atoms with van der Waals surface area (Å²) in [6.45, 7) is 4.16. The Labute approximate surface area is 324 Å². The highest BCUT2D eigenvalue weighted by Gasteiger charge is 2.26. The summed E-state index contributed by atoms with van der Waals surface area (Å²) < 4.78 is 0. The summed E-state index contributed by atoms with van der Waals surface area (Å²) in [5.74, 6) is -0.162. The van der Waals surface area contributed by atoms with Crippen LogP contribution in [0, 0.1) is 0 Å². The average Bonchev–Trinajstić information content (AvgIpc) is 3.15. The lowest BCUT2D eigenvalue weighted by atomic mass is 10.0. The summed E-state index contributed by atoms with van der Waals surface area (Å²) >= 11 is 0. The number of aliphatic hydroxyl groups is 3. The Balaban J connectivity index is 3.67. The third-order valence-corrected chi connectivity index (χ3v) is 10.5. The van der Waals surface area contributed by atoms with Gasteiger partial charge in [-0.05, 0) is 70.6 Å². The van der Waals surface area contributed by atoms with Gasteiger partial charge in [-0.1, -0.05) is 192 Å². The highest BCUT2D eigenvalue weighted by atomic mass is 16.3. The smallest absolute Gasteiger partial charge is 0.220 e. The molecule has 0 aromatic heterocycles. The number of hydrogen-bond acceptors (Lipinski definition) is 4. The van der Waals surface area contributed by atoms with Gasteiger partial charge >= 0.3 is 0 Å². The predicted octanol–water partition coefficient (Wildman–Crippen LogP) is 13.2. The molecule has 0 saturated carbocycles. The van der Waals surface area contributed by atoms with Crippen LogP contribution in [0.15, 0.2) is 36.5 Å². The third-order valence-electron chi connectivity index (χ3n) is 10.5. The summed E-state index contributed by atoms with van der Waals surface area (Å²) in [7, 11) is 0. The normalized spacial score (nSPS) is 13.9. The number of unbranched alkanes of at least 4 members (excludes halogenated alkanes) is 27. The molecule has 0 aromatic rings. The molecule has 0 radical (unpaired) electrons. The van der Waals surface area contributed by atoms with Crippen molar-refractivity contribution in [3.05, 3.63) is 36.5 Å². The van der Waals surface area contributed by atoms with E-state index in [0.717, 1.165) is 51.4 Å². The van der Waals surface area contributed by atoms with Gasteiger partial charge in [0.25, 0.3) is 0 Å². The van der Waals surface area contributed by atoms with Crippen LogP contribution in [0.25, 0.3) is 0 Å². The number of aliphatic hydroxyl groups excluding tert-OH is 3. The minimum absolute atomic E-state index is 0.162. The Hall–Kier alpha value is -1.43. The first-order valence-corrected chi connectivity index (χ1v) is 22.8. The minimum Gasteiger partial charge on any atom is -0.394 e. The van der Waals surface area contributed by atoms with Gasteiger partial charge in [-0.25, -0.2) is 0 Å². The first-order chi connectivity index (χ1) is 25.6. The largest absolute Gasteiger partial charge is 0.394 e. The van der Waals surface area contributed by atoms with E-state index in [1.807, 2.05) is 0 Å². The van der Waals surface area contributed by atoms with Crippen LogP contribution in [-0.2, 0) is 4.79 Å². The molecule has 4 N–H and O–H groups in total. The van der Waals surface area contributed by atoms with Crippen LogP contribution in [0.2, 0.25) is 0 Å². The van der Waals surface area contributed by atoms with Gasteiger partial charge < -0.3 is 20.6 Å². The Bertz CT molecular complexity index is 809. The summed E-state index contributed by atoms with van der Waals surface area (Å²) in [6, 6.07) is -0.830. The van der Waals surface area contributed by atoms with Crippen LogP contribution in [0.1, 0.15) is 232 Å². The quantitative estimate of drug-likeness (QED) is 0.0372. The van der Waals surface area contributed by atoms with E-state index in [0.29, 0.717) is 12.8 Å². The molecule has 0 saturated heterocycles. The average molecular weight is 732 g/mol. The third kappa shape index (κ3) is 36.9. The second-order valence-electron chi connectivity index (χ2n) is 15.6. The molecule has 0 heterocycles. The highest BCUT2D eigenvalue weighted by molar-refractivity contribution is 5.76. The molecule has 1 amide bonds. The lowest BCUT2D eigenvalue weighted by molar-refractivity contribution is -0.124. The molecule has 0 fully saturated rings. The zero-order valence-electron chi connectivity index (χ0n) is 34.7. The van der Waals surface area contributed by atoms with Gasteiger partial charge in [0.1, 0.15) is 6.10 Å². The zero-order chi connectivity index (χ0) is 38.0. The van der Waals surface area contributed by atoms with Crippen molar-refractivity contribution in [2.75, 3.05) is 6.61 Å². The molecule has 52 heavy (non-hydrogen) atoms. The zero-order valence-corrected chi connectivity index (χ0v) is 34.7. The predicted molar refractivity (Wildman–Crippen MR) is 227 cm³/mol. The Morgan fingerprint density at radius 1 is 0.481 bits per heavy atom. The number of amides is 1. The van der Waals surface area contributed by atoms with Gasteiger partial charge in [-0.15, -0.1) is 0 Å². The minimum atomic E-state index is -1.16. The van der Waals surface area contributed by atoms with Crippen molar-refractivity contribution in [1.82, 2.24) is 5.32 Å². The van der Waals surface area contributed by atoms with Crippen molar-refractivity contribution in [3.8, 4) is 0 Å². The van der Waals surface area contributed by atoms with E-state index in [-0.39, 0.29) is 12.5 Å². The molecule has 0 spiro atoms. The molecule has 5 nitrogen and oxygen atoms in total. The Kier molecular flexibility index (Phi) is 41.1. The number of nitrogens with one attached hydrogen (secondary N) is 1. The van der Waals surface area contributed by atoms with Crippen LogP contribution in [0.3, 0.4) is 0 Å². The number of rotatable bonds is 41. The van der Waals surface area contributed by atoms with E-state index in [4.69, 9.17) is 0 Å². The summed E-state index contributed by atoms with van der Waals surface area (Å²) in [4.78, 5) is 12.4.